The van der Waals surface area contributed by atoms with Crippen molar-refractivity contribution in [2.45, 2.75) is 25.7 Å². The maximum Gasteiger partial charge on any atom is 0.226 e. The lowest BCUT2D eigenvalue weighted by molar-refractivity contribution is -0.116. The van der Waals surface area contributed by atoms with Crippen LogP contribution < -0.4 is 5.32 Å². The molecule has 126 valence electrons. The number of halogens is 1. The molecule has 5 heteroatoms. The molecule has 2 heterocycles. The number of benzene rings is 2. The molecule has 4 nitrogen and oxygen atoms in total. The van der Waals surface area contributed by atoms with Crippen LogP contribution in [0.15, 0.2) is 54.7 Å². The number of nitrogens with zero attached hydrogens (tertiary/aromatic N) is 2. The Bertz CT molecular complexity index is 913. The van der Waals surface area contributed by atoms with Crippen molar-refractivity contribution in [3.8, 4) is 5.69 Å². The van der Waals surface area contributed by atoms with Crippen LogP contribution in [-0.4, -0.2) is 15.7 Å². The summed E-state index contributed by atoms with van der Waals surface area (Å²) in [6.07, 6.45) is 3.29. The number of anilines is 1. The predicted octanol–water partition coefficient (Wildman–Crippen LogP) is 4.56. The third kappa shape index (κ3) is 2.94. The molecular formula is C20H18ClN3O. The van der Waals surface area contributed by atoms with Gasteiger partial charge in [0.15, 0.2) is 0 Å². The van der Waals surface area contributed by atoms with Crippen molar-refractivity contribution >= 4 is 23.3 Å². The molecule has 0 radical (unpaired) electrons. The normalized spacial score (nSPS) is 16.4. The van der Waals surface area contributed by atoms with Crippen molar-refractivity contribution in [1.29, 1.82) is 0 Å². The molecule has 0 spiro atoms. The van der Waals surface area contributed by atoms with Crippen molar-refractivity contribution in [3.05, 3.63) is 76.4 Å². The van der Waals surface area contributed by atoms with E-state index in [0.717, 1.165) is 29.1 Å². The Kier molecular flexibility index (Phi) is 4.06. The first-order valence-corrected chi connectivity index (χ1v) is 8.76. The number of rotatable bonds is 3. The number of aromatic nitrogens is 2. The fraction of sp³-hybridized carbons (Fsp3) is 0.200. The van der Waals surface area contributed by atoms with Crippen LogP contribution in [0.1, 0.15) is 36.0 Å². The minimum absolute atomic E-state index is 0.00721. The maximum atomic E-state index is 12.3. The lowest BCUT2D eigenvalue weighted by Gasteiger charge is -2.24. The van der Waals surface area contributed by atoms with Crippen LogP contribution in [-0.2, 0) is 11.2 Å². The predicted molar refractivity (Wildman–Crippen MR) is 99.5 cm³/mol. The van der Waals surface area contributed by atoms with E-state index in [1.54, 1.807) is 4.68 Å². The average molecular weight is 352 g/mol. The zero-order valence-electron chi connectivity index (χ0n) is 13.9. The van der Waals surface area contributed by atoms with Crippen molar-refractivity contribution in [3.63, 3.8) is 0 Å². The smallest absolute Gasteiger partial charge is 0.226 e. The third-order valence-electron chi connectivity index (χ3n) is 4.68. The Morgan fingerprint density at radius 2 is 1.88 bits per heavy atom. The van der Waals surface area contributed by atoms with Gasteiger partial charge in [-0.25, -0.2) is 4.68 Å². The Hall–Kier alpha value is -2.59. The number of carbonyl (C=O) groups is 1. The lowest BCUT2D eigenvalue weighted by atomic mass is 9.87. The van der Waals surface area contributed by atoms with Crippen LogP contribution in [0.5, 0.6) is 0 Å². The zero-order valence-corrected chi connectivity index (χ0v) is 14.6. The SMILES string of the molecule is CCc1ccc(C2CC(=O)Nc3c2cnn3-c2ccc(Cl)cc2)cc1. The van der Waals surface area contributed by atoms with Gasteiger partial charge in [-0.15, -0.1) is 0 Å². The Morgan fingerprint density at radius 1 is 1.16 bits per heavy atom. The van der Waals surface area contributed by atoms with Gasteiger partial charge in [-0.2, -0.15) is 5.10 Å². The van der Waals surface area contributed by atoms with Crippen molar-refractivity contribution in [2.75, 3.05) is 5.32 Å². The fourth-order valence-corrected chi connectivity index (χ4v) is 3.41. The molecule has 0 saturated carbocycles. The number of hydrogen-bond acceptors (Lipinski definition) is 2. The van der Waals surface area contributed by atoms with Gasteiger partial charge in [-0.3, -0.25) is 4.79 Å². The van der Waals surface area contributed by atoms with Gasteiger partial charge in [0.25, 0.3) is 0 Å². The molecule has 1 aliphatic rings. The van der Waals surface area contributed by atoms with E-state index in [1.807, 2.05) is 30.5 Å². The van der Waals surface area contributed by atoms with Crippen molar-refractivity contribution in [2.24, 2.45) is 0 Å². The number of aryl methyl sites for hydroxylation is 1. The van der Waals surface area contributed by atoms with Crippen LogP contribution in [0.2, 0.25) is 5.02 Å². The number of carbonyl (C=O) groups excluding carboxylic acids is 1. The summed E-state index contributed by atoms with van der Waals surface area (Å²) in [6.45, 7) is 2.14. The molecule has 0 saturated heterocycles. The number of nitrogens with one attached hydrogen (secondary N) is 1. The summed E-state index contributed by atoms with van der Waals surface area (Å²) in [5.74, 6) is 0.770. The number of fused-ring (bicyclic) bond motifs is 1. The van der Waals surface area contributed by atoms with E-state index in [9.17, 15) is 4.79 Å². The van der Waals surface area contributed by atoms with Crippen LogP contribution in [0.4, 0.5) is 5.82 Å². The monoisotopic (exact) mass is 351 g/mol. The summed E-state index contributed by atoms with van der Waals surface area (Å²) in [5, 5.41) is 8.14. The van der Waals surface area contributed by atoms with E-state index in [4.69, 9.17) is 11.6 Å². The standard InChI is InChI=1S/C20H18ClN3O/c1-2-13-3-5-14(6-4-13)17-11-19(25)23-20-18(17)12-22-24(20)16-9-7-15(21)8-10-16/h3-10,12,17H,2,11H2,1H3,(H,23,25). The molecule has 2 aromatic carbocycles. The van der Waals surface area contributed by atoms with Crippen molar-refractivity contribution in [1.82, 2.24) is 9.78 Å². The van der Waals surface area contributed by atoms with Gasteiger partial charge >= 0.3 is 0 Å². The minimum Gasteiger partial charge on any atom is -0.310 e. The first-order chi connectivity index (χ1) is 12.2. The largest absolute Gasteiger partial charge is 0.310 e. The topological polar surface area (TPSA) is 46.9 Å². The van der Waals surface area contributed by atoms with Crippen LogP contribution in [0.3, 0.4) is 0 Å². The molecule has 1 aliphatic heterocycles. The van der Waals surface area contributed by atoms with E-state index in [1.165, 1.54) is 5.56 Å². The van der Waals surface area contributed by atoms with Gasteiger partial charge in [0.2, 0.25) is 5.91 Å². The molecule has 1 unspecified atom stereocenters. The molecule has 1 amide bonds. The molecule has 4 rings (SSSR count). The zero-order chi connectivity index (χ0) is 17.4. The Labute approximate surface area is 151 Å². The van der Waals surface area contributed by atoms with Gasteiger partial charge in [-0.05, 0) is 41.8 Å². The van der Waals surface area contributed by atoms with E-state index >= 15 is 0 Å². The van der Waals surface area contributed by atoms with E-state index in [2.05, 4.69) is 41.6 Å². The number of hydrogen-bond donors (Lipinski definition) is 1. The summed E-state index contributed by atoms with van der Waals surface area (Å²) >= 11 is 5.97. The molecule has 25 heavy (non-hydrogen) atoms. The molecule has 1 N–H and O–H groups in total. The second kappa shape index (κ2) is 6.37. The van der Waals surface area contributed by atoms with Crippen LogP contribution in [0.25, 0.3) is 5.69 Å². The molecule has 3 aromatic rings. The van der Waals surface area contributed by atoms with Gasteiger partial charge in [0.05, 0.1) is 11.9 Å². The van der Waals surface area contributed by atoms with E-state index in [-0.39, 0.29) is 11.8 Å². The molecule has 1 atom stereocenters. The fourth-order valence-electron chi connectivity index (χ4n) is 3.28. The molecule has 1 aromatic heterocycles. The van der Waals surface area contributed by atoms with Gasteiger partial charge in [-0.1, -0.05) is 42.8 Å². The summed E-state index contributed by atoms with van der Waals surface area (Å²) in [5.41, 5.74) is 4.34. The van der Waals surface area contributed by atoms with Crippen LogP contribution >= 0.6 is 11.6 Å². The van der Waals surface area contributed by atoms with Crippen molar-refractivity contribution < 1.29 is 4.79 Å². The summed E-state index contributed by atoms with van der Waals surface area (Å²) < 4.78 is 1.76. The van der Waals surface area contributed by atoms with Crippen LogP contribution in [0, 0.1) is 0 Å². The Balaban J connectivity index is 1.76. The highest BCUT2D eigenvalue weighted by molar-refractivity contribution is 6.30. The van der Waals surface area contributed by atoms with Gasteiger partial charge in [0.1, 0.15) is 5.82 Å². The Morgan fingerprint density at radius 3 is 2.56 bits per heavy atom. The van der Waals surface area contributed by atoms with Gasteiger partial charge in [0, 0.05) is 22.9 Å². The highest BCUT2D eigenvalue weighted by Gasteiger charge is 2.30. The second-order valence-electron chi connectivity index (χ2n) is 6.24. The van der Waals surface area contributed by atoms with Gasteiger partial charge < -0.3 is 5.32 Å². The molecular weight excluding hydrogens is 334 g/mol. The quantitative estimate of drug-likeness (QED) is 0.751. The first-order valence-electron chi connectivity index (χ1n) is 8.38. The van der Waals surface area contributed by atoms with E-state index < -0.39 is 0 Å². The summed E-state index contributed by atoms with van der Waals surface area (Å²) in [7, 11) is 0. The highest BCUT2D eigenvalue weighted by Crippen LogP contribution is 2.38. The maximum absolute atomic E-state index is 12.3. The summed E-state index contributed by atoms with van der Waals surface area (Å²) in [4.78, 5) is 12.3. The molecule has 0 fully saturated rings. The van der Waals surface area contributed by atoms with E-state index in [0.29, 0.717) is 11.4 Å². The third-order valence-corrected chi connectivity index (χ3v) is 4.93. The first kappa shape index (κ1) is 15.9. The highest BCUT2D eigenvalue weighted by atomic mass is 35.5. The molecule has 0 aliphatic carbocycles. The summed E-state index contributed by atoms with van der Waals surface area (Å²) in [6, 6.07) is 15.9. The minimum atomic E-state index is 0.00721. The molecule has 0 bridgehead atoms. The number of amides is 1. The lowest BCUT2D eigenvalue weighted by Crippen LogP contribution is -2.24. The second-order valence-corrected chi connectivity index (χ2v) is 6.67. The average Bonchev–Trinajstić information content (AvgIpc) is 3.05.